The third-order valence-electron chi connectivity index (χ3n) is 3.88. The van der Waals surface area contributed by atoms with Crippen molar-refractivity contribution < 1.29 is 0 Å². The highest BCUT2D eigenvalue weighted by atomic mass is 15.5. The Kier molecular flexibility index (Phi) is 1.59. The molecule has 1 N–H and O–H groups in total. The number of hydrogen-bond donors (Lipinski definition) is 1. The number of piperidine rings is 2. The molecule has 4 unspecified atom stereocenters. The van der Waals surface area contributed by atoms with E-state index < -0.39 is 0 Å². The van der Waals surface area contributed by atoms with Crippen LogP contribution >= 0.6 is 0 Å². The van der Waals surface area contributed by atoms with Crippen LogP contribution in [0.5, 0.6) is 0 Å². The van der Waals surface area contributed by atoms with Crippen molar-refractivity contribution in [2.75, 3.05) is 7.05 Å². The molecule has 0 saturated carbocycles. The highest BCUT2D eigenvalue weighted by molar-refractivity contribution is 5.03. The summed E-state index contributed by atoms with van der Waals surface area (Å²) < 4.78 is 0. The van der Waals surface area contributed by atoms with Gasteiger partial charge in [0, 0.05) is 12.1 Å². The van der Waals surface area contributed by atoms with Crippen LogP contribution in [-0.4, -0.2) is 36.1 Å². The second-order valence-electron chi connectivity index (χ2n) is 4.49. The zero-order valence-electron chi connectivity index (χ0n) is 7.98. The van der Waals surface area contributed by atoms with Crippen LogP contribution < -0.4 is 5.43 Å². The maximum absolute atomic E-state index is 4.30. The fraction of sp³-hybridized carbons (Fsp3) is 1.00. The van der Waals surface area contributed by atoms with E-state index in [1.165, 1.54) is 25.7 Å². The molecule has 2 bridgehead atoms. The number of hydrogen-bond acceptors (Lipinski definition) is 4. The van der Waals surface area contributed by atoms with Gasteiger partial charge >= 0.3 is 0 Å². The van der Waals surface area contributed by atoms with E-state index in [-0.39, 0.29) is 0 Å². The van der Waals surface area contributed by atoms with E-state index in [9.17, 15) is 0 Å². The van der Waals surface area contributed by atoms with Gasteiger partial charge in [-0.1, -0.05) is 11.6 Å². The molecule has 2 saturated heterocycles. The summed E-state index contributed by atoms with van der Waals surface area (Å²) in [5.41, 5.74) is 3.14. The third kappa shape index (κ3) is 1.01. The Morgan fingerprint density at radius 2 is 2.31 bits per heavy atom. The Balaban J connectivity index is 1.88. The lowest BCUT2D eigenvalue weighted by Gasteiger charge is -2.47. The normalized spacial score (nSPS) is 48.7. The quantitative estimate of drug-likeness (QED) is 0.603. The molecule has 4 heteroatoms. The standard InChI is InChI=1S/C9H16N4/c1-13-6-3-2-4-8(13)9-7(5-6)10-12-11-9/h6-9H,2-5H2,1H3,(H,10,11). The number of likely N-dealkylation sites (N-methyl/N-ethyl adjacent to an activating group) is 1. The Morgan fingerprint density at radius 3 is 3.23 bits per heavy atom. The van der Waals surface area contributed by atoms with E-state index in [2.05, 4.69) is 27.7 Å². The summed E-state index contributed by atoms with van der Waals surface area (Å²) in [6, 6.07) is 2.39. The van der Waals surface area contributed by atoms with Crippen LogP contribution in [0.4, 0.5) is 0 Å². The lowest BCUT2D eigenvalue weighted by molar-refractivity contribution is 0.0419. The second kappa shape index (κ2) is 2.67. The van der Waals surface area contributed by atoms with Crippen LogP contribution in [-0.2, 0) is 0 Å². The predicted octanol–water partition coefficient (Wildman–Crippen LogP) is 0.951. The van der Waals surface area contributed by atoms with Crippen LogP contribution in [0, 0.1) is 0 Å². The molecule has 13 heavy (non-hydrogen) atoms. The average Bonchev–Trinajstić information content (AvgIpc) is 2.52. The van der Waals surface area contributed by atoms with Crippen LogP contribution in [0.15, 0.2) is 10.3 Å². The zero-order chi connectivity index (χ0) is 8.84. The van der Waals surface area contributed by atoms with Gasteiger partial charge in [0.2, 0.25) is 0 Å². The summed E-state index contributed by atoms with van der Waals surface area (Å²) >= 11 is 0. The highest BCUT2D eigenvalue weighted by Gasteiger charge is 2.45. The summed E-state index contributed by atoms with van der Waals surface area (Å²) in [7, 11) is 2.25. The minimum atomic E-state index is 0.432. The Labute approximate surface area is 78.4 Å². The lowest BCUT2D eigenvalue weighted by atomic mass is 9.79. The summed E-state index contributed by atoms with van der Waals surface area (Å²) in [5, 5.41) is 8.27. The first-order chi connectivity index (χ1) is 6.36. The molecule has 0 spiro atoms. The molecular weight excluding hydrogens is 164 g/mol. The van der Waals surface area contributed by atoms with Gasteiger partial charge in [-0.15, -0.1) is 0 Å². The van der Waals surface area contributed by atoms with Crippen molar-refractivity contribution in [1.29, 1.82) is 0 Å². The molecule has 0 amide bonds. The van der Waals surface area contributed by atoms with Crippen molar-refractivity contribution in [1.82, 2.24) is 10.3 Å². The highest BCUT2D eigenvalue weighted by Crippen LogP contribution is 2.35. The minimum Gasteiger partial charge on any atom is -0.298 e. The summed E-state index contributed by atoms with van der Waals surface area (Å²) in [6.45, 7) is 0. The van der Waals surface area contributed by atoms with Crippen LogP contribution in [0.2, 0.25) is 0 Å². The summed E-state index contributed by atoms with van der Waals surface area (Å²) in [4.78, 5) is 2.52. The van der Waals surface area contributed by atoms with Crippen molar-refractivity contribution in [3.8, 4) is 0 Å². The molecule has 3 aliphatic heterocycles. The largest absolute Gasteiger partial charge is 0.298 e. The van der Waals surface area contributed by atoms with Crippen LogP contribution in [0.3, 0.4) is 0 Å². The molecule has 4 atom stereocenters. The number of rotatable bonds is 0. The first-order valence-corrected chi connectivity index (χ1v) is 5.23. The van der Waals surface area contributed by atoms with Crippen molar-refractivity contribution in [2.45, 2.75) is 49.9 Å². The van der Waals surface area contributed by atoms with Gasteiger partial charge in [-0.05, 0) is 26.3 Å². The molecule has 0 aliphatic carbocycles. The van der Waals surface area contributed by atoms with E-state index >= 15 is 0 Å². The number of nitrogens with zero attached hydrogens (tertiary/aromatic N) is 3. The fourth-order valence-electron chi connectivity index (χ4n) is 3.10. The van der Waals surface area contributed by atoms with Crippen molar-refractivity contribution in [2.24, 2.45) is 10.3 Å². The average molecular weight is 180 g/mol. The Hall–Kier alpha value is -0.640. The van der Waals surface area contributed by atoms with E-state index in [0.29, 0.717) is 18.1 Å². The molecule has 0 radical (unpaired) electrons. The van der Waals surface area contributed by atoms with Gasteiger partial charge in [0.05, 0.1) is 6.04 Å². The molecule has 4 nitrogen and oxygen atoms in total. The van der Waals surface area contributed by atoms with Gasteiger partial charge < -0.3 is 0 Å². The summed E-state index contributed by atoms with van der Waals surface area (Å²) in [6.07, 6.45) is 5.26. The van der Waals surface area contributed by atoms with Gasteiger partial charge in [-0.25, -0.2) is 0 Å². The smallest absolute Gasteiger partial charge is 0.110 e. The monoisotopic (exact) mass is 180 g/mol. The Morgan fingerprint density at radius 1 is 1.38 bits per heavy atom. The van der Waals surface area contributed by atoms with Gasteiger partial charge in [0.1, 0.15) is 6.04 Å². The van der Waals surface area contributed by atoms with Crippen molar-refractivity contribution >= 4 is 0 Å². The molecule has 0 aromatic carbocycles. The van der Waals surface area contributed by atoms with E-state index in [0.717, 1.165) is 6.04 Å². The van der Waals surface area contributed by atoms with E-state index in [1.807, 2.05) is 0 Å². The Bertz CT molecular complexity index is 240. The van der Waals surface area contributed by atoms with Crippen LogP contribution in [0.1, 0.15) is 25.7 Å². The van der Waals surface area contributed by atoms with Gasteiger partial charge in [-0.2, -0.15) is 5.11 Å². The minimum absolute atomic E-state index is 0.432. The zero-order valence-corrected chi connectivity index (χ0v) is 7.98. The van der Waals surface area contributed by atoms with Gasteiger partial charge in [0.15, 0.2) is 0 Å². The SMILES string of the molecule is CN1C2CCCC1C1N=NNC1C2. The van der Waals surface area contributed by atoms with Crippen LogP contribution in [0.25, 0.3) is 0 Å². The topological polar surface area (TPSA) is 40.0 Å². The molecule has 2 fully saturated rings. The third-order valence-corrected chi connectivity index (χ3v) is 3.88. The van der Waals surface area contributed by atoms with E-state index in [4.69, 9.17) is 0 Å². The molecule has 3 rings (SSSR count). The molecular formula is C9H16N4. The van der Waals surface area contributed by atoms with Gasteiger partial charge in [0.25, 0.3) is 0 Å². The number of nitrogens with one attached hydrogen (secondary N) is 1. The fourth-order valence-corrected chi connectivity index (χ4v) is 3.10. The molecule has 72 valence electrons. The second-order valence-corrected chi connectivity index (χ2v) is 4.49. The summed E-state index contributed by atoms with van der Waals surface area (Å²) in [5.74, 6) is 0. The molecule has 0 aromatic rings. The molecule has 3 aliphatic rings. The molecule has 3 heterocycles. The predicted molar refractivity (Wildman–Crippen MR) is 49.4 cm³/mol. The number of fused-ring (bicyclic) bond motifs is 4. The molecule has 0 aromatic heterocycles. The van der Waals surface area contributed by atoms with Crippen molar-refractivity contribution in [3.63, 3.8) is 0 Å². The lowest BCUT2D eigenvalue weighted by Crippen LogP contribution is -2.59. The van der Waals surface area contributed by atoms with E-state index in [1.54, 1.807) is 0 Å². The first kappa shape index (κ1) is 7.74. The maximum Gasteiger partial charge on any atom is 0.110 e. The van der Waals surface area contributed by atoms with Crippen molar-refractivity contribution in [3.05, 3.63) is 0 Å². The van der Waals surface area contributed by atoms with Gasteiger partial charge in [-0.3, -0.25) is 10.3 Å². The first-order valence-electron chi connectivity index (χ1n) is 5.23. The maximum atomic E-state index is 4.30.